The number of carboxylic acid groups (broad SMARTS) is 1. The quantitative estimate of drug-likeness (QED) is 0.398. The number of hydrogen-bond acceptors (Lipinski definition) is 4. The maximum atomic E-state index is 13.1. The number of carboxylic acids is 1. The van der Waals surface area contributed by atoms with E-state index in [4.69, 9.17) is 23.2 Å². The van der Waals surface area contributed by atoms with Gasteiger partial charge in [0.15, 0.2) is 0 Å². The van der Waals surface area contributed by atoms with Gasteiger partial charge in [-0.15, -0.1) is 0 Å². The van der Waals surface area contributed by atoms with Crippen LogP contribution in [0.3, 0.4) is 0 Å². The van der Waals surface area contributed by atoms with Gasteiger partial charge in [0, 0.05) is 16.4 Å². The third kappa shape index (κ3) is 4.09. The van der Waals surface area contributed by atoms with Gasteiger partial charge in [0.25, 0.3) is 11.8 Å². The van der Waals surface area contributed by atoms with Crippen LogP contribution in [0.25, 0.3) is 11.8 Å². The lowest BCUT2D eigenvalue weighted by Gasteiger charge is -2.26. The minimum atomic E-state index is -1.10. The number of aryl methyl sites for hydroxylation is 1. The van der Waals surface area contributed by atoms with E-state index in [1.54, 1.807) is 24.5 Å². The highest BCUT2D eigenvalue weighted by atomic mass is 35.5. The number of rotatable bonds is 4. The molecule has 34 heavy (non-hydrogen) atoms. The Morgan fingerprint density at radius 2 is 1.68 bits per heavy atom. The first-order chi connectivity index (χ1) is 16.1. The van der Waals surface area contributed by atoms with Crippen molar-refractivity contribution in [1.82, 2.24) is 9.88 Å². The lowest BCUT2D eigenvalue weighted by Crippen LogP contribution is -2.54. The molecule has 3 aromatic rings. The van der Waals surface area contributed by atoms with E-state index in [9.17, 15) is 24.3 Å². The molecule has 1 aromatic heterocycles. The van der Waals surface area contributed by atoms with Crippen molar-refractivity contribution in [3.63, 3.8) is 0 Å². The number of benzene rings is 2. The third-order valence-electron chi connectivity index (χ3n) is 5.39. The molecule has 0 radical (unpaired) electrons. The first-order valence-electron chi connectivity index (χ1n) is 9.97. The number of carbonyl (C=O) groups is 4. The highest BCUT2D eigenvalue weighted by Crippen LogP contribution is 2.30. The molecule has 0 unspecified atom stereocenters. The Labute approximate surface area is 204 Å². The molecular weight excluding hydrogens is 481 g/mol. The number of hydrogen-bond donors (Lipinski definition) is 2. The first-order valence-corrected chi connectivity index (χ1v) is 10.7. The molecule has 172 valence electrons. The molecule has 0 aliphatic carbocycles. The number of amides is 4. The van der Waals surface area contributed by atoms with Gasteiger partial charge in [0.2, 0.25) is 0 Å². The average molecular weight is 498 g/mol. The van der Waals surface area contributed by atoms with E-state index in [2.05, 4.69) is 5.32 Å². The number of nitrogens with one attached hydrogen (secondary N) is 1. The monoisotopic (exact) mass is 497 g/mol. The fourth-order valence-electron chi connectivity index (χ4n) is 3.76. The maximum Gasteiger partial charge on any atom is 0.335 e. The largest absolute Gasteiger partial charge is 0.478 e. The number of barbiturate groups is 1. The summed E-state index contributed by atoms with van der Waals surface area (Å²) >= 11 is 12.2. The molecular formula is C24H17Cl2N3O5. The summed E-state index contributed by atoms with van der Waals surface area (Å²) in [5, 5.41) is 12.3. The molecule has 1 fully saturated rings. The second-order valence-electron chi connectivity index (χ2n) is 7.57. The topological polar surface area (TPSA) is 109 Å². The van der Waals surface area contributed by atoms with Crippen molar-refractivity contribution >= 4 is 58.8 Å². The lowest BCUT2D eigenvalue weighted by molar-refractivity contribution is -0.122. The highest BCUT2D eigenvalue weighted by molar-refractivity contribution is 6.39. The number of carbonyl (C=O) groups excluding carboxylic acids is 3. The van der Waals surface area contributed by atoms with Crippen LogP contribution < -0.4 is 10.2 Å². The number of aromatic nitrogens is 1. The second kappa shape index (κ2) is 8.81. The van der Waals surface area contributed by atoms with Crippen molar-refractivity contribution in [3.8, 4) is 5.69 Å². The molecule has 4 amide bonds. The summed E-state index contributed by atoms with van der Waals surface area (Å²) in [4.78, 5) is 50.3. The molecule has 2 N–H and O–H groups in total. The zero-order valence-corrected chi connectivity index (χ0v) is 19.4. The fraction of sp³-hybridized carbons (Fsp3) is 0.0833. The summed E-state index contributed by atoms with van der Waals surface area (Å²) in [5.41, 5.74) is 2.36. The fourth-order valence-corrected chi connectivity index (χ4v) is 4.09. The van der Waals surface area contributed by atoms with E-state index in [1.807, 2.05) is 0 Å². The van der Waals surface area contributed by atoms with E-state index < -0.39 is 23.8 Å². The standard InChI is InChI=1S/C24H17Cl2N3O5/c1-12-9-15(13(2)28(12)20-11-14(23(32)33)3-8-19(20)26)10-18-21(30)27-24(34)29(22(18)31)17-6-4-16(25)5-7-17/h3-11H,1-2H3,(H,32,33)(H,27,30,34)/b18-10+. The van der Waals surface area contributed by atoms with Gasteiger partial charge >= 0.3 is 12.0 Å². The van der Waals surface area contributed by atoms with Crippen molar-refractivity contribution in [2.45, 2.75) is 13.8 Å². The molecule has 1 aliphatic rings. The molecule has 2 heterocycles. The van der Waals surface area contributed by atoms with Crippen molar-refractivity contribution in [1.29, 1.82) is 0 Å². The summed E-state index contributed by atoms with van der Waals surface area (Å²) < 4.78 is 1.73. The van der Waals surface area contributed by atoms with Gasteiger partial charge in [-0.25, -0.2) is 14.5 Å². The van der Waals surface area contributed by atoms with Gasteiger partial charge < -0.3 is 9.67 Å². The van der Waals surface area contributed by atoms with Gasteiger partial charge in [-0.3, -0.25) is 14.9 Å². The zero-order chi connectivity index (χ0) is 24.7. The normalized spacial score (nSPS) is 15.1. The van der Waals surface area contributed by atoms with Crippen LogP contribution in [-0.4, -0.2) is 33.5 Å². The number of halogens is 2. The molecule has 0 spiro atoms. The molecule has 10 heteroatoms. The Morgan fingerprint density at radius 1 is 1.00 bits per heavy atom. The van der Waals surface area contributed by atoms with E-state index in [-0.39, 0.29) is 16.8 Å². The summed E-state index contributed by atoms with van der Waals surface area (Å²) in [7, 11) is 0. The maximum absolute atomic E-state index is 13.1. The molecule has 0 saturated carbocycles. The Morgan fingerprint density at radius 3 is 2.32 bits per heavy atom. The predicted octanol–water partition coefficient (Wildman–Crippen LogP) is 4.77. The molecule has 0 bridgehead atoms. The highest BCUT2D eigenvalue weighted by Gasteiger charge is 2.37. The van der Waals surface area contributed by atoms with Crippen molar-refractivity contribution < 1.29 is 24.3 Å². The van der Waals surface area contributed by atoms with Crippen LogP contribution in [0.1, 0.15) is 27.3 Å². The summed E-state index contributed by atoms with van der Waals surface area (Å²) in [6, 6.07) is 11.3. The summed E-state index contributed by atoms with van der Waals surface area (Å²) in [6.45, 7) is 3.53. The van der Waals surface area contributed by atoms with Gasteiger partial charge in [-0.2, -0.15) is 0 Å². The molecule has 1 saturated heterocycles. The molecule has 2 aromatic carbocycles. The lowest BCUT2D eigenvalue weighted by atomic mass is 10.1. The number of imide groups is 2. The molecule has 4 rings (SSSR count). The molecule has 1 aliphatic heterocycles. The van der Waals surface area contributed by atoms with Crippen LogP contribution in [-0.2, 0) is 9.59 Å². The second-order valence-corrected chi connectivity index (χ2v) is 8.41. The Hall–Kier alpha value is -3.88. The third-order valence-corrected chi connectivity index (χ3v) is 5.96. The van der Waals surface area contributed by atoms with Gasteiger partial charge in [-0.1, -0.05) is 23.2 Å². The van der Waals surface area contributed by atoms with E-state index in [1.165, 1.54) is 48.5 Å². The smallest absolute Gasteiger partial charge is 0.335 e. The Kier molecular flexibility index (Phi) is 6.03. The average Bonchev–Trinajstić information content (AvgIpc) is 3.05. The van der Waals surface area contributed by atoms with Gasteiger partial charge in [0.05, 0.1) is 22.0 Å². The summed E-state index contributed by atoms with van der Waals surface area (Å²) in [5.74, 6) is -2.71. The minimum absolute atomic E-state index is 0.0609. The van der Waals surface area contributed by atoms with Crippen molar-refractivity contribution in [2.24, 2.45) is 0 Å². The van der Waals surface area contributed by atoms with Gasteiger partial charge in [-0.05, 0) is 74.0 Å². The molecule has 0 atom stereocenters. The first kappa shape index (κ1) is 23.3. The van der Waals surface area contributed by atoms with Crippen molar-refractivity contribution in [2.75, 3.05) is 4.90 Å². The number of anilines is 1. The van der Waals surface area contributed by atoms with Gasteiger partial charge in [0.1, 0.15) is 5.57 Å². The van der Waals surface area contributed by atoms with E-state index in [0.717, 1.165) is 4.90 Å². The Balaban J connectivity index is 1.79. The number of aromatic carboxylic acids is 1. The Bertz CT molecular complexity index is 1410. The van der Waals surface area contributed by atoms with E-state index >= 15 is 0 Å². The SMILES string of the molecule is Cc1cc(/C=C2\C(=O)NC(=O)N(c3ccc(Cl)cc3)C2=O)c(C)n1-c1cc(C(=O)O)ccc1Cl. The number of urea groups is 1. The number of nitrogens with zero attached hydrogens (tertiary/aromatic N) is 2. The van der Waals surface area contributed by atoms with Crippen LogP contribution in [0.4, 0.5) is 10.5 Å². The molecule has 8 nitrogen and oxygen atoms in total. The van der Waals surface area contributed by atoms with Crippen LogP contribution >= 0.6 is 23.2 Å². The summed E-state index contributed by atoms with van der Waals surface area (Å²) in [6.07, 6.45) is 1.39. The van der Waals surface area contributed by atoms with Crippen LogP contribution in [0.5, 0.6) is 0 Å². The minimum Gasteiger partial charge on any atom is -0.478 e. The van der Waals surface area contributed by atoms with Crippen LogP contribution in [0.15, 0.2) is 54.1 Å². The van der Waals surface area contributed by atoms with E-state index in [0.29, 0.717) is 32.7 Å². The predicted molar refractivity (Wildman–Crippen MR) is 128 cm³/mol. The van der Waals surface area contributed by atoms with Crippen molar-refractivity contribution in [3.05, 3.63) is 86.7 Å². The zero-order valence-electron chi connectivity index (χ0n) is 17.9. The van der Waals surface area contributed by atoms with Crippen LogP contribution in [0.2, 0.25) is 10.0 Å². The van der Waals surface area contributed by atoms with Crippen LogP contribution in [0, 0.1) is 13.8 Å².